The molecule has 0 N–H and O–H groups in total. The molecule has 0 aromatic rings. The van der Waals surface area contributed by atoms with Gasteiger partial charge in [0.1, 0.15) is 0 Å². The van der Waals surface area contributed by atoms with E-state index in [0.717, 1.165) is 6.08 Å². The van der Waals surface area contributed by atoms with E-state index in [0.29, 0.717) is 6.42 Å². The van der Waals surface area contributed by atoms with Crippen molar-refractivity contribution in [2.75, 3.05) is 6.61 Å². The summed E-state index contributed by atoms with van der Waals surface area (Å²) in [5.74, 6) is -0.550. The zero-order valence-corrected chi connectivity index (χ0v) is 6.96. The Bertz CT molecular complexity index is 207. The van der Waals surface area contributed by atoms with Gasteiger partial charge in [-0.25, -0.2) is 4.79 Å². The summed E-state index contributed by atoms with van der Waals surface area (Å²) in [4.78, 5) is 10.5. The predicted molar refractivity (Wildman–Crippen MR) is 40.2 cm³/mol. The Morgan fingerprint density at radius 3 is 2.85 bits per heavy atom. The molecule has 5 heteroatoms. The van der Waals surface area contributed by atoms with Gasteiger partial charge in [0.25, 0.3) is 0 Å². The van der Waals surface area contributed by atoms with E-state index in [1.807, 2.05) is 0 Å². The second kappa shape index (κ2) is 3.83. The molecule has 1 aliphatic rings. The van der Waals surface area contributed by atoms with Crippen molar-refractivity contribution in [2.24, 2.45) is 0 Å². The van der Waals surface area contributed by atoms with Crippen LogP contribution in [0.4, 0.5) is 8.78 Å². The second-order valence-electron chi connectivity index (χ2n) is 2.74. The van der Waals surface area contributed by atoms with Gasteiger partial charge in [-0.1, -0.05) is 6.58 Å². The summed E-state index contributed by atoms with van der Waals surface area (Å²) in [7, 11) is 0. The molecule has 0 amide bonds. The zero-order chi connectivity index (χ0) is 9.90. The minimum absolute atomic E-state index is 0.0889. The fourth-order valence-corrected chi connectivity index (χ4v) is 1.01. The molecule has 0 radical (unpaired) electrons. The highest BCUT2D eigenvalue weighted by Gasteiger charge is 2.46. The normalized spacial score (nSPS) is 24.6. The van der Waals surface area contributed by atoms with Crippen LogP contribution in [0.5, 0.6) is 0 Å². The lowest BCUT2D eigenvalue weighted by Crippen LogP contribution is -2.43. The Hall–Kier alpha value is -0.970. The van der Waals surface area contributed by atoms with Gasteiger partial charge in [0.2, 0.25) is 0 Å². The van der Waals surface area contributed by atoms with Gasteiger partial charge in [0.05, 0.1) is 19.1 Å². The van der Waals surface area contributed by atoms with E-state index in [2.05, 4.69) is 16.1 Å². The summed E-state index contributed by atoms with van der Waals surface area (Å²) in [6.07, 6.45) is -2.44. The Morgan fingerprint density at radius 2 is 2.38 bits per heavy atom. The molecular formula is C8H10F2O3. The van der Waals surface area contributed by atoms with Gasteiger partial charge >= 0.3 is 12.1 Å². The summed E-state index contributed by atoms with van der Waals surface area (Å²) in [5.41, 5.74) is 0. The monoisotopic (exact) mass is 192 g/mol. The Kier molecular flexibility index (Phi) is 2.98. The number of halogens is 2. The molecule has 1 fully saturated rings. The maximum atomic E-state index is 12.1. The molecule has 74 valence electrons. The molecule has 1 atom stereocenters. The number of carbonyl (C=O) groups excluding carboxylic acids is 1. The smallest absolute Gasteiger partial charge is 0.358 e. The summed E-state index contributed by atoms with van der Waals surface area (Å²) in [6.45, 7) is 3.28. The molecule has 3 nitrogen and oxygen atoms in total. The third kappa shape index (κ3) is 3.10. The van der Waals surface area contributed by atoms with Crippen molar-refractivity contribution in [3.05, 3.63) is 12.7 Å². The van der Waals surface area contributed by atoms with Gasteiger partial charge in [-0.2, -0.15) is 8.78 Å². The number of esters is 1. The molecule has 1 unspecified atom stereocenters. The molecule has 13 heavy (non-hydrogen) atoms. The van der Waals surface area contributed by atoms with Crippen molar-refractivity contribution < 1.29 is 23.0 Å². The van der Waals surface area contributed by atoms with Crippen LogP contribution in [0.3, 0.4) is 0 Å². The van der Waals surface area contributed by atoms with Crippen molar-refractivity contribution >= 4 is 5.97 Å². The van der Waals surface area contributed by atoms with Crippen LogP contribution in [-0.4, -0.2) is 24.8 Å². The topological polar surface area (TPSA) is 35.5 Å². The van der Waals surface area contributed by atoms with E-state index in [4.69, 9.17) is 0 Å². The van der Waals surface area contributed by atoms with Crippen molar-refractivity contribution in [1.29, 1.82) is 0 Å². The van der Waals surface area contributed by atoms with E-state index >= 15 is 0 Å². The molecule has 1 aliphatic heterocycles. The first-order valence-electron chi connectivity index (χ1n) is 3.88. The lowest BCUT2D eigenvalue weighted by Gasteiger charge is -2.34. The fraction of sp³-hybridized carbons (Fsp3) is 0.625. The minimum Gasteiger partial charge on any atom is -0.462 e. The molecule has 0 spiro atoms. The number of rotatable bonds is 4. The number of hydrogen-bond donors (Lipinski definition) is 0. The Balaban J connectivity index is 2.03. The van der Waals surface area contributed by atoms with E-state index < -0.39 is 18.2 Å². The second-order valence-corrected chi connectivity index (χ2v) is 2.74. The van der Waals surface area contributed by atoms with Crippen molar-refractivity contribution in [3.8, 4) is 0 Å². The predicted octanol–water partition coefficient (Wildman–Crippen LogP) is 1.49. The molecule has 0 aromatic carbocycles. The third-order valence-corrected chi connectivity index (χ3v) is 1.66. The first-order valence-corrected chi connectivity index (χ1v) is 3.88. The van der Waals surface area contributed by atoms with Crippen LogP contribution >= 0.6 is 0 Å². The fourth-order valence-electron chi connectivity index (χ4n) is 1.01. The standard InChI is InChI=1S/C8H10F2O3/c1-2-7(11)12-4-3-6-5-8(9,10)13-6/h2,6H,1,3-5H2. The van der Waals surface area contributed by atoms with Gasteiger partial charge in [-0.15, -0.1) is 0 Å². The molecule has 0 saturated carbocycles. The van der Waals surface area contributed by atoms with E-state index in [-0.39, 0.29) is 13.0 Å². The van der Waals surface area contributed by atoms with Gasteiger partial charge in [-0.05, 0) is 0 Å². The molecule has 1 rings (SSSR count). The first-order chi connectivity index (χ1) is 6.03. The quantitative estimate of drug-likeness (QED) is 0.500. The molecular weight excluding hydrogens is 182 g/mol. The van der Waals surface area contributed by atoms with E-state index in [9.17, 15) is 13.6 Å². The third-order valence-electron chi connectivity index (χ3n) is 1.66. The van der Waals surface area contributed by atoms with Gasteiger partial charge in [0.15, 0.2) is 0 Å². The number of hydrogen-bond acceptors (Lipinski definition) is 3. The molecule has 0 aliphatic carbocycles. The summed E-state index contributed by atoms with van der Waals surface area (Å²) < 4.78 is 33.0. The van der Waals surface area contributed by atoms with Crippen LogP contribution in [0.1, 0.15) is 12.8 Å². The lowest BCUT2D eigenvalue weighted by molar-refractivity contribution is -0.352. The number of carbonyl (C=O) groups is 1. The van der Waals surface area contributed by atoms with Crippen molar-refractivity contribution in [1.82, 2.24) is 0 Å². The maximum absolute atomic E-state index is 12.1. The summed E-state index contributed by atoms with van der Waals surface area (Å²) in [5, 5.41) is 0. The van der Waals surface area contributed by atoms with Crippen molar-refractivity contribution in [2.45, 2.75) is 25.1 Å². The SMILES string of the molecule is C=CC(=O)OCCC1CC(F)(F)O1. The summed E-state index contributed by atoms with van der Waals surface area (Å²) >= 11 is 0. The van der Waals surface area contributed by atoms with Crippen LogP contribution in [0.25, 0.3) is 0 Å². The average Bonchev–Trinajstić information content (AvgIpc) is 2.00. The minimum atomic E-state index is -2.98. The average molecular weight is 192 g/mol. The highest BCUT2D eigenvalue weighted by molar-refractivity contribution is 5.81. The highest BCUT2D eigenvalue weighted by Crippen LogP contribution is 2.36. The molecule has 1 heterocycles. The van der Waals surface area contributed by atoms with Gasteiger partial charge in [0, 0.05) is 12.5 Å². The number of alkyl halides is 2. The van der Waals surface area contributed by atoms with Crippen LogP contribution in [0.2, 0.25) is 0 Å². The van der Waals surface area contributed by atoms with E-state index in [1.54, 1.807) is 0 Å². The van der Waals surface area contributed by atoms with Crippen LogP contribution in [0, 0.1) is 0 Å². The van der Waals surface area contributed by atoms with Crippen LogP contribution < -0.4 is 0 Å². The van der Waals surface area contributed by atoms with E-state index in [1.165, 1.54) is 0 Å². The number of ether oxygens (including phenoxy) is 2. The highest BCUT2D eigenvalue weighted by atomic mass is 19.3. The summed E-state index contributed by atoms with van der Waals surface area (Å²) in [6, 6.07) is 0. The van der Waals surface area contributed by atoms with Crippen LogP contribution in [-0.2, 0) is 14.3 Å². The molecule has 0 bridgehead atoms. The molecule has 1 saturated heterocycles. The maximum Gasteiger partial charge on any atom is 0.358 e. The van der Waals surface area contributed by atoms with Gasteiger partial charge in [-0.3, -0.25) is 0 Å². The van der Waals surface area contributed by atoms with Crippen molar-refractivity contribution in [3.63, 3.8) is 0 Å². The van der Waals surface area contributed by atoms with Gasteiger partial charge < -0.3 is 9.47 Å². The molecule has 0 aromatic heterocycles. The Morgan fingerprint density at radius 1 is 1.77 bits per heavy atom. The Labute approximate surface area is 74.3 Å². The zero-order valence-electron chi connectivity index (χ0n) is 6.96. The largest absolute Gasteiger partial charge is 0.462 e. The van der Waals surface area contributed by atoms with Crippen LogP contribution in [0.15, 0.2) is 12.7 Å². The first kappa shape index (κ1) is 10.1. The lowest BCUT2D eigenvalue weighted by atomic mass is 10.1.